The van der Waals surface area contributed by atoms with Gasteiger partial charge in [-0.05, 0) is 20.3 Å². The Morgan fingerprint density at radius 1 is 0.458 bits per heavy atom. The summed E-state index contributed by atoms with van der Waals surface area (Å²) in [5, 5.41) is 0. The molecule has 0 fully saturated rings. The lowest BCUT2D eigenvalue weighted by Crippen LogP contribution is -2.31. The van der Waals surface area contributed by atoms with Gasteiger partial charge in [-0.25, -0.2) is 0 Å². The Morgan fingerprint density at radius 3 is 0.958 bits per heavy atom. The van der Waals surface area contributed by atoms with E-state index in [1.54, 1.807) is 0 Å². The van der Waals surface area contributed by atoms with E-state index < -0.39 is 0 Å². The monoisotopic (exact) mass is 339 g/mol. The molecule has 0 unspecified atom stereocenters. The second-order valence-corrected chi connectivity index (χ2v) is 8.75. The van der Waals surface area contributed by atoms with Crippen molar-refractivity contribution in [3.05, 3.63) is 0 Å². The number of nitrogens with two attached hydrogens (primary N) is 1. The van der Waals surface area contributed by atoms with Crippen LogP contribution in [0.4, 0.5) is 0 Å². The SMILES string of the molecule is CCCCCCCCCCCCCCCCCCCCC(C)(C)N. The maximum absolute atomic E-state index is 6.01. The van der Waals surface area contributed by atoms with Gasteiger partial charge in [-0.3, -0.25) is 0 Å². The molecule has 2 N–H and O–H groups in total. The fraction of sp³-hybridized carbons (Fsp3) is 1.00. The standard InChI is InChI=1S/C23H49N/c1-4-5-6-7-8-9-10-11-12-13-14-15-16-17-18-19-20-21-22-23(2,3)24/h4-22,24H2,1-3H3. The molecule has 0 spiro atoms. The minimum Gasteiger partial charge on any atom is -0.326 e. The molecule has 1 heteroatoms. The van der Waals surface area contributed by atoms with Crippen LogP contribution in [0.3, 0.4) is 0 Å². The molecule has 0 atom stereocenters. The molecule has 0 aromatic carbocycles. The summed E-state index contributed by atoms with van der Waals surface area (Å²) in [7, 11) is 0. The van der Waals surface area contributed by atoms with E-state index in [0.29, 0.717) is 0 Å². The molecule has 0 saturated heterocycles. The molecule has 0 aliphatic rings. The minimum absolute atomic E-state index is 0.0368. The summed E-state index contributed by atoms with van der Waals surface area (Å²) >= 11 is 0. The van der Waals surface area contributed by atoms with Gasteiger partial charge in [0.25, 0.3) is 0 Å². The van der Waals surface area contributed by atoms with Crippen molar-refractivity contribution in [3.8, 4) is 0 Å². The van der Waals surface area contributed by atoms with Crippen LogP contribution in [0.5, 0.6) is 0 Å². The van der Waals surface area contributed by atoms with E-state index in [1.165, 1.54) is 122 Å². The number of hydrogen-bond acceptors (Lipinski definition) is 1. The molecule has 24 heavy (non-hydrogen) atoms. The lowest BCUT2D eigenvalue weighted by molar-refractivity contribution is 0.440. The van der Waals surface area contributed by atoms with Gasteiger partial charge < -0.3 is 5.73 Å². The summed E-state index contributed by atoms with van der Waals surface area (Å²) in [6, 6.07) is 0. The van der Waals surface area contributed by atoms with E-state index in [9.17, 15) is 0 Å². The van der Waals surface area contributed by atoms with Crippen molar-refractivity contribution in [1.82, 2.24) is 0 Å². The molecular formula is C23H49N. The van der Waals surface area contributed by atoms with Crippen LogP contribution < -0.4 is 5.73 Å². The third-order valence-electron chi connectivity index (χ3n) is 5.17. The summed E-state index contributed by atoms with van der Waals surface area (Å²) in [5.41, 5.74) is 6.04. The molecule has 0 saturated carbocycles. The first-order valence-corrected chi connectivity index (χ1v) is 11.3. The zero-order valence-electron chi connectivity index (χ0n) is 17.5. The average Bonchev–Trinajstić information content (AvgIpc) is 2.52. The van der Waals surface area contributed by atoms with Crippen LogP contribution in [0.25, 0.3) is 0 Å². The molecule has 0 aromatic heterocycles. The predicted molar refractivity (Wildman–Crippen MR) is 112 cm³/mol. The van der Waals surface area contributed by atoms with E-state index in [2.05, 4.69) is 20.8 Å². The van der Waals surface area contributed by atoms with Gasteiger partial charge in [-0.1, -0.05) is 122 Å². The Morgan fingerprint density at radius 2 is 0.708 bits per heavy atom. The summed E-state index contributed by atoms with van der Waals surface area (Å²) < 4.78 is 0. The Labute approximate surface area is 154 Å². The Balaban J connectivity index is 3.00. The molecule has 0 aromatic rings. The average molecular weight is 340 g/mol. The van der Waals surface area contributed by atoms with Gasteiger partial charge in [0.1, 0.15) is 0 Å². The zero-order valence-corrected chi connectivity index (χ0v) is 17.5. The molecule has 0 bridgehead atoms. The van der Waals surface area contributed by atoms with Gasteiger partial charge >= 0.3 is 0 Å². The van der Waals surface area contributed by atoms with Crippen molar-refractivity contribution in [2.24, 2.45) is 5.73 Å². The van der Waals surface area contributed by atoms with Gasteiger partial charge in [0.15, 0.2) is 0 Å². The van der Waals surface area contributed by atoms with Gasteiger partial charge in [0.05, 0.1) is 0 Å². The summed E-state index contributed by atoms with van der Waals surface area (Å²) in [4.78, 5) is 0. The molecule has 146 valence electrons. The number of rotatable bonds is 19. The molecule has 1 nitrogen and oxygen atoms in total. The summed E-state index contributed by atoms with van der Waals surface area (Å²) in [6.07, 6.45) is 27.1. The molecule has 0 aliphatic carbocycles. The van der Waals surface area contributed by atoms with E-state index in [1.807, 2.05) is 0 Å². The van der Waals surface area contributed by atoms with E-state index in [4.69, 9.17) is 5.73 Å². The largest absolute Gasteiger partial charge is 0.326 e. The normalized spacial score (nSPS) is 12.0. The topological polar surface area (TPSA) is 26.0 Å². The van der Waals surface area contributed by atoms with E-state index in [0.717, 1.165) is 0 Å². The Bertz CT molecular complexity index is 229. The highest BCUT2D eigenvalue weighted by Crippen LogP contribution is 2.15. The van der Waals surface area contributed by atoms with Gasteiger partial charge in [-0.15, -0.1) is 0 Å². The quantitative estimate of drug-likeness (QED) is 0.236. The summed E-state index contributed by atoms with van der Waals surface area (Å²) in [5.74, 6) is 0. The van der Waals surface area contributed by atoms with Crippen LogP contribution in [-0.2, 0) is 0 Å². The molecule has 0 rings (SSSR count). The first-order valence-electron chi connectivity index (χ1n) is 11.3. The van der Waals surface area contributed by atoms with Gasteiger partial charge in [0, 0.05) is 5.54 Å². The van der Waals surface area contributed by atoms with Crippen LogP contribution in [0.15, 0.2) is 0 Å². The zero-order chi connectivity index (χ0) is 17.9. The molecule has 0 aliphatic heterocycles. The van der Waals surface area contributed by atoms with Crippen molar-refractivity contribution in [2.45, 2.75) is 148 Å². The second kappa shape index (κ2) is 17.8. The van der Waals surface area contributed by atoms with E-state index >= 15 is 0 Å². The fourth-order valence-electron chi connectivity index (χ4n) is 3.48. The van der Waals surface area contributed by atoms with Crippen LogP contribution in [-0.4, -0.2) is 5.54 Å². The maximum atomic E-state index is 6.01. The van der Waals surface area contributed by atoms with Gasteiger partial charge in [-0.2, -0.15) is 0 Å². The molecule has 0 radical (unpaired) electrons. The molecule has 0 heterocycles. The van der Waals surface area contributed by atoms with Crippen LogP contribution in [0.1, 0.15) is 143 Å². The van der Waals surface area contributed by atoms with Crippen molar-refractivity contribution in [1.29, 1.82) is 0 Å². The third-order valence-corrected chi connectivity index (χ3v) is 5.17. The Kier molecular flexibility index (Phi) is 17.7. The highest BCUT2D eigenvalue weighted by Gasteiger charge is 2.08. The van der Waals surface area contributed by atoms with Crippen molar-refractivity contribution in [3.63, 3.8) is 0 Å². The molecule has 0 amide bonds. The first kappa shape index (κ1) is 24.0. The predicted octanol–water partition coefficient (Wildman–Crippen LogP) is 8.16. The fourth-order valence-corrected chi connectivity index (χ4v) is 3.48. The van der Waals surface area contributed by atoms with E-state index in [-0.39, 0.29) is 5.54 Å². The maximum Gasteiger partial charge on any atom is 0.00970 e. The van der Waals surface area contributed by atoms with Gasteiger partial charge in [0.2, 0.25) is 0 Å². The highest BCUT2D eigenvalue weighted by atomic mass is 14.7. The smallest absolute Gasteiger partial charge is 0.00970 e. The van der Waals surface area contributed by atoms with Crippen molar-refractivity contribution >= 4 is 0 Å². The highest BCUT2D eigenvalue weighted by molar-refractivity contribution is 4.70. The van der Waals surface area contributed by atoms with Crippen LogP contribution in [0.2, 0.25) is 0 Å². The van der Waals surface area contributed by atoms with Crippen molar-refractivity contribution in [2.75, 3.05) is 0 Å². The Hall–Kier alpha value is -0.0400. The third kappa shape index (κ3) is 22.0. The lowest BCUT2D eigenvalue weighted by Gasteiger charge is -2.17. The minimum atomic E-state index is 0.0368. The second-order valence-electron chi connectivity index (χ2n) is 8.75. The number of unbranched alkanes of at least 4 members (excludes halogenated alkanes) is 17. The first-order chi connectivity index (χ1) is 11.6. The number of hydrogen-bond donors (Lipinski definition) is 1. The molecular weight excluding hydrogens is 290 g/mol. The van der Waals surface area contributed by atoms with Crippen LogP contribution >= 0.6 is 0 Å². The lowest BCUT2D eigenvalue weighted by atomic mass is 9.97. The van der Waals surface area contributed by atoms with Crippen LogP contribution in [0, 0.1) is 0 Å². The summed E-state index contributed by atoms with van der Waals surface area (Å²) in [6.45, 7) is 6.57. The van der Waals surface area contributed by atoms with Crippen molar-refractivity contribution < 1.29 is 0 Å².